The molecule has 0 amide bonds. The van der Waals surface area contributed by atoms with E-state index in [1.54, 1.807) is 0 Å². The average molecular weight is 196 g/mol. The second-order valence-electron chi connectivity index (χ2n) is 4.60. The summed E-state index contributed by atoms with van der Waals surface area (Å²) >= 11 is 0. The molecule has 2 rings (SSSR count). The summed E-state index contributed by atoms with van der Waals surface area (Å²) in [5.41, 5.74) is 0.859. The maximum atomic E-state index is 9.90. The van der Waals surface area contributed by atoms with Crippen LogP contribution in [0.1, 0.15) is 13.8 Å². The number of fused-ring (bicyclic) bond motifs is 1. The molecule has 0 bridgehead atoms. The quantitative estimate of drug-likeness (QED) is 0.477. The van der Waals surface area contributed by atoms with Crippen molar-refractivity contribution < 1.29 is 14.6 Å². The van der Waals surface area contributed by atoms with Gasteiger partial charge in [0.25, 0.3) is 0 Å². The first-order valence-corrected chi connectivity index (χ1v) is 5.18. The van der Waals surface area contributed by atoms with Crippen LogP contribution in [0.2, 0.25) is 6.32 Å². The van der Waals surface area contributed by atoms with Crippen LogP contribution in [0.3, 0.4) is 0 Å². The zero-order chi connectivity index (χ0) is 10.5. The van der Waals surface area contributed by atoms with E-state index in [4.69, 9.17) is 9.47 Å². The number of ether oxygens (including phenoxy) is 2. The second-order valence-corrected chi connectivity index (χ2v) is 4.60. The fourth-order valence-electron chi connectivity index (χ4n) is 2.51. The van der Waals surface area contributed by atoms with Gasteiger partial charge < -0.3 is 14.6 Å². The summed E-state index contributed by atoms with van der Waals surface area (Å²) in [6.07, 6.45) is 0.142. The number of aliphatic hydroxyl groups is 1. The Balaban J connectivity index is 2.23. The number of hydrogen-bond donors (Lipinski definition) is 1. The fourth-order valence-corrected chi connectivity index (χ4v) is 2.51. The van der Waals surface area contributed by atoms with Gasteiger partial charge in [-0.2, -0.15) is 0 Å². The molecule has 2 aliphatic rings. The first kappa shape index (κ1) is 10.2. The first-order valence-electron chi connectivity index (χ1n) is 5.18. The van der Waals surface area contributed by atoms with Gasteiger partial charge in [0, 0.05) is 5.92 Å². The Hall–Kier alpha value is -0.315. The van der Waals surface area contributed by atoms with Gasteiger partial charge in [0.2, 0.25) is 0 Å². The maximum absolute atomic E-state index is 9.90. The molecular formula is C10H17BO3. The Kier molecular flexibility index (Phi) is 2.25. The van der Waals surface area contributed by atoms with Gasteiger partial charge in [0.05, 0.1) is 6.10 Å². The molecule has 14 heavy (non-hydrogen) atoms. The van der Waals surface area contributed by atoms with Crippen LogP contribution in [0.4, 0.5) is 0 Å². The highest BCUT2D eigenvalue weighted by molar-refractivity contribution is 6.08. The Labute approximate surface area is 85.5 Å². The molecule has 1 N–H and O–H groups in total. The molecule has 1 aliphatic carbocycles. The van der Waals surface area contributed by atoms with Crippen molar-refractivity contribution in [1.82, 2.24) is 0 Å². The van der Waals surface area contributed by atoms with Crippen LogP contribution in [0.15, 0.2) is 12.2 Å². The van der Waals surface area contributed by atoms with E-state index >= 15 is 0 Å². The molecule has 0 aromatic rings. The zero-order valence-corrected chi connectivity index (χ0v) is 8.99. The Morgan fingerprint density at radius 3 is 2.57 bits per heavy atom. The molecule has 1 saturated heterocycles. The minimum Gasteiger partial charge on any atom is -0.386 e. The highest BCUT2D eigenvalue weighted by Crippen LogP contribution is 2.44. The highest BCUT2D eigenvalue weighted by atomic mass is 16.8. The molecule has 0 aromatic carbocycles. The monoisotopic (exact) mass is 196 g/mol. The molecule has 0 aromatic heterocycles. The molecule has 1 heterocycles. The smallest absolute Gasteiger partial charge is 0.163 e. The molecule has 0 spiro atoms. The summed E-state index contributed by atoms with van der Waals surface area (Å²) in [5, 5.41) is 9.90. The molecular weight excluding hydrogens is 179 g/mol. The van der Waals surface area contributed by atoms with E-state index in [9.17, 15) is 5.11 Å². The summed E-state index contributed by atoms with van der Waals surface area (Å²) in [6, 6.07) is 0. The predicted molar refractivity (Wildman–Crippen MR) is 55.8 cm³/mol. The fraction of sp³-hybridized carbons (Fsp3) is 0.800. The van der Waals surface area contributed by atoms with Crippen molar-refractivity contribution >= 4 is 7.85 Å². The molecule has 0 radical (unpaired) electrons. The third-order valence-corrected chi connectivity index (χ3v) is 3.17. The van der Waals surface area contributed by atoms with Crippen molar-refractivity contribution in [2.75, 3.05) is 0 Å². The number of hydrogen-bond acceptors (Lipinski definition) is 3. The van der Waals surface area contributed by atoms with Gasteiger partial charge in [0.15, 0.2) is 5.79 Å². The van der Waals surface area contributed by atoms with Crippen LogP contribution in [-0.4, -0.2) is 37.1 Å². The lowest BCUT2D eigenvalue weighted by atomic mass is 9.86. The van der Waals surface area contributed by atoms with E-state index in [0.717, 1.165) is 11.9 Å². The molecule has 4 heteroatoms. The molecule has 2 unspecified atom stereocenters. The molecule has 2 fully saturated rings. The van der Waals surface area contributed by atoms with E-state index in [2.05, 4.69) is 14.4 Å². The van der Waals surface area contributed by atoms with Crippen LogP contribution in [-0.2, 0) is 9.47 Å². The van der Waals surface area contributed by atoms with Crippen LogP contribution < -0.4 is 0 Å². The molecule has 3 nitrogen and oxygen atoms in total. The lowest BCUT2D eigenvalue weighted by molar-refractivity contribution is -0.160. The van der Waals surface area contributed by atoms with Crippen molar-refractivity contribution in [3.05, 3.63) is 12.2 Å². The average Bonchev–Trinajstić information content (AvgIpc) is 2.50. The highest BCUT2D eigenvalue weighted by Gasteiger charge is 2.54. The summed E-state index contributed by atoms with van der Waals surface area (Å²) in [4.78, 5) is 0. The summed E-state index contributed by atoms with van der Waals surface area (Å²) in [7, 11) is 2.08. The molecule has 1 saturated carbocycles. The standard InChI is InChI=1S/C10H17BO3/c1-5-6(4-11)8-9(7(5)12)14-10(2,3)13-8/h6-9,12H,1,4,11H2,2-3H3/t6-,7-,8?,9?/m0/s1. The van der Waals surface area contributed by atoms with E-state index < -0.39 is 11.9 Å². The zero-order valence-electron chi connectivity index (χ0n) is 8.99. The Morgan fingerprint density at radius 2 is 2.00 bits per heavy atom. The van der Waals surface area contributed by atoms with Crippen molar-refractivity contribution in [2.24, 2.45) is 5.92 Å². The van der Waals surface area contributed by atoms with Gasteiger partial charge in [-0.25, -0.2) is 0 Å². The van der Waals surface area contributed by atoms with Gasteiger partial charge >= 0.3 is 0 Å². The molecule has 78 valence electrons. The SMILES string of the molecule is BC[C@H]1C(=C)[C@H](O)C2OC(C)(C)OC21. The van der Waals surface area contributed by atoms with Gasteiger partial charge in [-0.15, -0.1) is 0 Å². The van der Waals surface area contributed by atoms with Gasteiger partial charge in [-0.3, -0.25) is 0 Å². The van der Waals surface area contributed by atoms with E-state index in [1.165, 1.54) is 0 Å². The first-order chi connectivity index (χ1) is 6.46. The van der Waals surface area contributed by atoms with E-state index in [1.807, 2.05) is 13.8 Å². The topological polar surface area (TPSA) is 38.7 Å². The normalized spacial score (nSPS) is 45.5. The van der Waals surface area contributed by atoms with Crippen LogP contribution in [0, 0.1) is 5.92 Å². The Morgan fingerprint density at radius 1 is 1.43 bits per heavy atom. The lowest BCUT2D eigenvalue weighted by Gasteiger charge is -2.22. The van der Waals surface area contributed by atoms with Crippen molar-refractivity contribution in [1.29, 1.82) is 0 Å². The minimum atomic E-state index is -0.565. The maximum Gasteiger partial charge on any atom is 0.163 e. The van der Waals surface area contributed by atoms with Crippen LogP contribution >= 0.6 is 0 Å². The largest absolute Gasteiger partial charge is 0.386 e. The third-order valence-electron chi connectivity index (χ3n) is 3.17. The van der Waals surface area contributed by atoms with Crippen molar-refractivity contribution in [2.45, 2.75) is 44.3 Å². The summed E-state index contributed by atoms with van der Waals surface area (Å²) < 4.78 is 11.4. The van der Waals surface area contributed by atoms with Crippen LogP contribution in [0.5, 0.6) is 0 Å². The van der Waals surface area contributed by atoms with Crippen molar-refractivity contribution in [3.63, 3.8) is 0 Å². The molecule has 4 atom stereocenters. The van der Waals surface area contributed by atoms with Crippen LogP contribution in [0.25, 0.3) is 0 Å². The number of aliphatic hydroxyl groups excluding tert-OH is 1. The van der Waals surface area contributed by atoms with E-state index in [0.29, 0.717) is 0 Å². The van der Waals surface area contributed by atoms with Gasteiger partial charge in [-0.05, 0) is 19.4 Å². The summed E-state index contributed by atoms with van der Waals surface area (Å²) in [5.74, 6) is -0.332. The molecule has 1 aliphatic heterocycles. The van der Waals surface area contributed by atoms with Gasteiger partial charge in [-0.1, -0.05) is 12.9 Å². The number of rotatable bonds is 1. The Bertz CT molecular complexity index is 264. The van der Waals surface area contributed by atoms with E-state index in [-0.39, 0.29) is 18.1 Å². The summed E-state index contributed by atoms with van der Waals surface area (Å²) in [6.45, 7) is 7.67. The predicted octanol–water partition coefficient (Wildman–Crippen LogP) is 0.105. The van der Waals surface area contributed by atoms with Crippen molar-refractivity contribution in [3.8, 4) is 0 Å². The lowest BCUT2D eigenvalue weighted by Crippen LogP contribution is -2.28. The second kappa shape index (κ2) is 3.09. The minimum absolute atomic E-state index is 0.0162. The van der Waals surface area contributed by atoms with Gasteiger partial charge in [0.1, 0.15) is 20.1 Å². The third kappa shape index (κ3) is 1.33.